The van der Waals surface area contributed by atoms with E-state index in [1.807, 2.05) is 30.9 Å². The summed E-state index contributed by atoms with van der Waals surface area (Å²) >= 11 is 0. The first-order valence-corrected chi connectivity index (χ1v) is 10.3. The second-order valence-electron chi connectivity index (χ2n) is 8.61. The molecule has 1 aromatic rings. The van der Waals surface area contributed by atoms with Crippen LogP contribution in [0.15, 0.2) is 12.1 Å². The first-order chi connectivity index (χ1) is 13.0. The van der Waals surface area contributed by atoms with E-state index in [4.69, 9.17) is 4.74 Å². The number of amides is 2. The lowest BCUT2D eigenvalue weighted by atomic mass is 9.81. The summed E-state index contributed by atoms with van der Waals surface area (Å²) in [5, 5.41) is 3.20. The van der Waals surface area contributed by atoms with Crippen LogP contribution in [0.25, 0.3) is 0 Å². The van der Waals surface area contributed by atoms with Crippen molar-refractivity contribution in [2.24, 2.45) is 0 Å². The molecule has 1 saturated carbocycles. The number of nitrogens with one attached hydrogen (secondary N) is 1. The van der Waals surface area contributed by atoms with E-state index in [0.29, 0.717) is 38.4 Å². The van der Waals surface area contributed by atoms with Crippen molar-refractivity contribution in [3.05, 3.63) is 28.8 Å². The van der Waals surface area contributed by atoms with Gasteiger partial charge in [-0.15, -0.1) is 0 Å². The molecule has 4 rings (SSSR count). The number of aryl methyl sites for hydroxylation is 2. The SMILES string of the molecule is Cc1cc(C)c2c(c1)OC1(CCN(C(=O)NC3CCCCC3)CC1)CC2=O. The third-order valence-electron chi connectivity index (χ3n) is 6.43. The van der Waals surface area contributed by atoms with Gasteiger partial charge in [-0.25, -0.2) is 4.79 Å². The molecular weight excluding hydrogens is 340 g/mol. The average molecular weight is 370 g/mol. The van der Waals surface area contributed by atoms with Gasteiger partial charge in [0.25, 0.3) is 0 Å². The molecule has 5 heteroatoms. The lowest BCUT2D eigenvalue weighted by molar-refractivity contribution is -0.00107. The summed E-state index contributed by atoms with van der Waals surface area (Å²) in [6.45, 7) is 5.29. The molecule has 2 aliphatic heterocycles. The van der Waals surface area contributed by atoms with Gasteiger partial charge < -0.3 is 15.0 Å². The van der Waals surface area contributed by atoms with E-state index >= 15 is 0 Å². The first-order valence-electron chi connectivity index (χ1n) is 10.3. The predicted molar refractivity (Wildman–Crippen MR) is 104 cm³/mol. The average Bonchev–Trinajstić information content (AvgIpc) is 2.62. The fourth-order valence-electron chi connectivity index (χ4n) is 4.93. The van der Waals surface area contributed by atoms with Crippen LogP contribution < -0.4 is 10.1 Å². The van der Waals surface area contributed by atoms with Crippen molar-refractivity contribution in [2.75, 3.05) is 13.1 Å². The number of carbonyl (C=O) groups excluding carboxylic acids is 2. The van der Waals surface area contributed by atoms with Crippen molar-refractivity contribution >= 4 is 11.8 Å². The van der Waals surface area contributed by atoms with E-state index in [9.17, 15) is 9.59 Å². The van der Waals surface area contributed by atoms with Crippen LogP contribution in [0.2, 0.25) is 0 Å². The molecular formula is C22H30N2O3. The number of urea groups is 1. The molecule has 1 N–H and O–H groups in total. The largest absolute Gasteiger partial charge is 0.486 e. The predicted octanol–water partition coefficient (Wildman–Crippen LogP) is 4.15. The minimum absolute atomic E-state index is 0.0472. The fourth-order valence-corrected chi connectivity index (χ4v) is 4.93. The van der Waals surface area contributed by atoms with Crippen LogP contribution in [0.4, 0.5) is 4.79 Å². The molecule has 0 bridgehead atoms. The molecule has 5 nitrogen and oxygen atoms in total. The molecule has 1 spiro atoms. The van der Waals surface area contributed by atoms with Crippen molar-refractivity contribution < 1.29 is 14.3 Å². The molecule has 0 aromatic heterocycles. The first kappa shape index (κ1) is 18.3. The quantitative estimate of drug-likeness (QED) is 0.808. The Morgan fingerprint density at radius 1 is 1.15 bits per heavy atom. The van der Waals surface area contributed by atoms with Crippen molar-refractivity contribution in [1.29, 1.82) is 0 Å². The Morgan fingerprint density at radius 2 is 1.85 bits per heavy atom. The highest BCUT2D eigenvalue weighted by molar-refractivity contribution is 6.01. The van der Waals surface area contributed by atoms with Gasteiger partial charge >= 0.3 is 6.03 Å². The number of piperidine rings is 1. The number of Topliss-reactive ketones (excluding diaryl/α,β-unsaturated/α-hetero) is 1. The minimum atomic E-state index is -0.452. The van der Waals surface area contributed by atoms with E-state index in [1.165, 1.54) is 19.3 Å². The number of ether oxygens (including phenoxy) is 1. The fraction of sp³-hybridized carbons (Fsp3) is 0.636. The number of benzene rings is 1. The van der Waals surface area contributed by atoms with Gasteiger partial charge in [0.15, 0.2) is 5.78 Å². The molecule has 0 unspecified atom stereocenters. The Morgan fingerprint density at radius 3 is 2.56 bits per heavy atom. The molecule has 0 atom stereocenters. The standard InChI is InChI=1S/C22H30N2O3/c1-15-12-16(2)20-18(25)14-22(27-19(20)13-15)8-10-24(11-9-22)21(26)23-17-6-4-3-5-7-17/h12-13,17H,3-11,14H2,1-2H3,(H,23,26). The zero-order valence-electron chi connectivity index (χ0n) is 16.5. The Labute approximate surface area is 161 Å². The third kappa shape index (κ3) is 3.69. The van der Waals surface area contributed by atoms with Crippen LogP contribution in [-0.2, 0) is 0 Å². The summed E-state index contributed by atoms with van der Waals surface area (Å²) in [5.41, 5.74) is 2.39. The lowest BCUT2D eigenvalue weighted by Gasteiger charge is -2.44. The topological polar surface area (TPSA) is 58.6 Å². The molecule has 1 aliphatic carbocycles. The van der Waals surface area contributed by atoms with E-state index in [1.54, 1.807) is 0 Å². The molecule has 1 aromatic carbocycles. The Kier molecular flexibility index (Phi) is 4.87. The molecule has 0 radical (unpaired) electrons. The highest BCUT2D eigenvalue weighted by atomic mass is 16.5. The van der Waals surface area contributed by atoms with Gasteiger partial charge in [0.2, 0.25) is 0 Å². The monoisotopic (exact) mass is 370 g/mol. The zero-order chi connectivity index (χ0) is 19.0. The normalized spacial score (nSPS) is 22.3. The summed E-state index contributed by atoms with van der Waals surface area (Å²) in [5.74, 6) is 0.901. The van der Waals surface area contributed by atoms with Crippen molar-refractivity contribution in [1.82, 2.24) is 10.2 Å². The van der Waals surface area contributed by atoms with Gasteiger partial charge in [-0.3, -0.25) is 4.79 Å². The van der Waals surface area contributed by atoms with Gasteiger partial charge in [-0.05, 0) is 43.9 Å². The molecule has 27 heavy (non-hydrogen) atoms. The number of hydrogen-bond acceptors (Lipinski definition) is 3. The van der Waals surface area contributed by atoms with Crippen LogP contribution in [0, 0.1) is 13.8 Å². The second kappa shape index (κ2) is 7.17. The molecule has 1 saturated heterocycles. The highest BCUT2D eigenvalue weighted by Gasteiger charge is 2.44. The van der Waals surface area contributed by atoms with Gasteiger partial charge in [0.1, 0.15) is 11.4 Å². The highest BCUT2D eigenvalue weighted by Crippen LogP contribution is 2.41. The van der Waals surface area contributed by atoms with E-state index in [-0.39, 0.29) is 11.8 Å². The number of carbonyl (C=O) groups is 2. The summed E-state index contributed by atoms with van der Waals surface area (Å²) in [6, 6.07) is 4.39. The van der Waals surface area contributed by atoms with Gasteiger partial charge in [0, 0.05) is 32.0 Å². The van der Waals surface area contributed by atoms with Crippen LogP contribution >= 0.6 is 0 Å². The number of fused-ring (bicyclic) bond motifs is 1. The van der Waals surface area contributed by atoms with E-state index in [2.05, 4.69) is 5.32 Å². The zero-order valence-corrected chi connectivity index (χ0v) is 16.5. The molecule has 3 aliphatic rings. The maximum absolute atomic E-state index is 12.8. The summed E-state index contributed by atoms with van der Waals surface area (Å²) < 4.78 is 6.39. The van der Waals surface area contributed by atoms with Crippen LogP contribution in [-0.4, -0.2) is 41.4 Å². The number of rotatable bonds is 1. The summed E-state index contributed by atoms with van der Waals surface area (Å²) in [6.07, 6.45) is 7.73. The second-order valence-corrected chi connectivity index (χ2v) is 8.61. The van der Waals surface area contributed by atoms with Crippen LogP contribution in [0.1, 0.15) is 72.9 Å². The smallest absolute Gasteiger partial charge is 0.317 e. The van der Waals surface area contributed by atoms with Crippen LogP contribution in [0.5, 0.6) is 5.75 Å². The van der Waals surface area contributed by atoms with Gasteiger partial charge in [-0.2, -0.15) is 0 Å². The summed E-state index contributed by atoms with van der Waals surface area (Å²) in [4.78, 5) is 27.3. The van der Waals surface area contributed by atoms with Crippen molar-refractivity contribution in [3.63, 3.8) is 0 Å². The Balaban J connectivity index is 1.41. The van der Waals surface area contributed by atoms with Crippen molar-refractivity contribution in [2.45, 2.75) is 76.9 Å². The molecule has 2 heterocycles. The molecule has 2 amide bonds. The maximum atomic E-state index is 12.8. The third-order valence-corrected chi connectivity index (χ3v) is 6.43. The van der Waals surface area contributed by atoms with Gasteiger partial charge in [0.05, 0.1) is 12.0 Å². The summed E-state index contributed by atoms with van der Waals surface area (Å²) in [7, 11) is 0. The maximum Gasteiger partial charge on any atom is 0.317 e. The molecule has 2 fully saturated rings. The van der Waals surface area contributed by atoms with Crippen molar-refractivity contribution in [3.8, 4) is 5.75 Å². The number of ketones is 1. The van der Waals surface area contributed by atoms with Gasteiger partial charge in [-0.1, -0.05) is 25.3 Å². The number of likely N-dealkylation sites (tertiary alicyclic amines) is 1. The number of nitrogens with zero attached hydrogens (tertiary/aromatic N) is 1. The lowest BCUT2D eigenvalue weighted by Crippen LogP contribution is -2.55. The molecule has 146 valence electrons. The Hall–Kier alpha value is -2.04. The Bertz CT molecular complexity index is 744. The van der Waals surface area contributed by atoms with E-state index in [0.717, 1.165) is 35.3 Å². The minimum Gasteiger partial charge on any atom is -0.486 e. The van der Waals surface area contributed by atoms with E-state index < -0.39 is 5.60 Å². The number of hydrogen-bond donors (Lipinski definition) is 1. The van der Waals surface area contributed by atoms with Crippen LogP contribution in [0.3, 0.4) is 0 Å².